The molecule has 0 spiro atoms. The molecule has 196 valence electrons. The van der Waals surface area contributed by atoms with Crippen molar-refractivity contribution >= 4 is 41.4 Å². The molecule has 0 rings (SSSR count). The molecular weight excluding hydrogens is 468 g/mol. The van der Waals surface area contributed by atoms with Crippen molar-refractivity contribution in [2.45, 2.75) is 75.7 Å². The second kappa shape index (κ2) is 17.1. The number of nitrogens with two attached hydrogens (primary N) is 3. The standard InChI is InChI=1S/C20H38N6O7S/c1-11(27)16(19(31)25-14(20(32)33)6-7-15(23)28)26-18(30)13(5-3-4-9-21)24-17(29)12(22)8-10-34-2/h11-14,16,27H,3-10,21-22H2,1-2H3,(H2,23,28)(H,24,29)(H,25,31)(H,26,30)(H,32,33). The molecule has 0 saturated heterocycles. The third kappa shape index (κ3) is 12.7. The second-order valence-corrected chi connectivity index (χ2v) is 8.85. The lowest BCUT2D eigenvalue weighted by Gasteiger charge is -2.26. The number of hydrogen-bond acceptors (Lipinski definition) is 9. The minimum atomic E-state index is -1.51. The second-order valence-electron chi connectivity index (χ2n) is 7.86. The zero-order valence-corrected chi connectivity index (χ0v) is 20.4. The average Bonchev–Trinajstić information content (AvgIpc) is 2.76. The Morgan fingerprint density at radius 1 is 0.912 bits per heavy atom. The molecule has 0 aromatic carbocycles. The van der Waals surface area contributed by atoms with Crippen molar-refractivity contribution in [1.29, 1.82) is 0 Å². The number of carboxylic acid groups (broad SMARTS) is 1. The van der Waals surface area contributed by atoms with Crippen LogP contribution in [0.2, 0.25) is 0 Å². The van der Waals surface area contributed by atoms with Crippen LogP contribution in [0.3, 0.4) is 0 Å². The van der Waals surface area contributed by atoms with E-state index in [1.807, 2.05) is 6.26 Å². The molecule has 0 aromatic rings. The highest BCUT2D eigenvalue weighted by atomic mass is 32.2. The average molecular weight is 507 g/mol. The van der Waals surface area contributed by atoms with Crippen molar-refractivity contribution in [1.82, 2.24) is 16.0 Å². The molecule has 0 fully saturated rings. The van der Waals surface area contributed by atoms with Gasteiger partial charge in [-0.3, -0.25) is 19.2 Å². The third-order valence-corrected chi connectivity index (χ3v) is 5.55. The van der Waals surface area contributed by atoms with Crippen molar-refractivity contribution in [3.8, 4) is 0 Å². The van der Waals surface area contributed by atoms with E-state index in [-0.39, 0.29) is 19.3 Å². The molecule has 5 unspecified atom stereocenters. The van der Waals surface area contributed by atoms with Crippen molar-refractivity contribution in [2.24, 2.45) is 17.2 Å². The van der Waals surface area contributed by atoms with Gasteiger partial charge >= 0.3 is 5.97 Å². The lowest BCUT2D eigenvalue weighted by atomic mass is 10.0. The molecule has 0 bridgehead atoms. The maximum Gasteiger partial charge on any atom is 0.326 e. The van der Waals surface area contributed by atoms with E-state index in [1.165, 1.54) is 18.7 Å². The number of amides is 4. The maximum absolute atomic E-state index is 12.9. The van der Waals surface area contributed by atoms with E-state index in [4.69, 9.17) is 17.2 Å². The third-order valence-electron chi connectivity index (χ3n) is 4.91. The molecule has 0 aliphatic rings. The Hall–Kier alpha value is -2.42. The van der Waals surface area contributed by atoms with E-state index >= 15 is 0 Å². The number of aliphatic hydroxyl groups excluding tert-OH is 1. The first kappa shape index (κ1) is 31.6. The van der Waals surface area contributed by atoms with Gasteiger partial charge in [0.25, 0.3) is 0 Å². The molecule has 0 aromatic heterocycles. The predicted molar refractivity (Wildman–Crippen MR) is 127 cm³/mol. The molecule has 34 heavy (non-hydrogen) atoms. The Bertz CT molecular complexity index is 694. The van der Waals surface area contributed by atoms with Crippen LogP contribution in [0.5, 0.6) is 0 Å². The van der Waals surface area contributed by atoms with Gasteiger partial charge < -0.3 is 43.4 Å². The van der Waals surface area contributed by atoms with E-state index in [0.29, 0.717) is 31.6 Å². The summed E-state index contributed by atoms with van der Waals surface area (Å²) in [6.07, 6.45) is 1.67. The fourth-order valence-electron chi connectivity index (χ4n) is 2.88. The van der Waals surface area contributed by atoms with E-state index in [0.717, 1.165) is 0 Å². The zero-order valence-electron chi connectivity index (χ0n) is 19.6. The van der Waals surface area contributed by atoms with Crippen LogP contribution < -0.4 is 33.2 Å². The Morgan fingerprint density at radius 3 is 2.03 bits per heavy atom. The van der Waals surface area contributed by atoms with E-state index in [1.54, 1.807) is 0 Å². The lowest BCUT2D eigenvalue weighted by Crippen LogP contribution is -2.59. The smallest absolute Gasteiger partial charge is 0.326 e. The van der Waals surface area contributed by atoms with Gasteiger partial charge in [-0.2, -0.15) is 11.8 Å². The van der Waals surface area contributed by atoms with Gasteiger partial charge in [0.1, 0.15) is 18.1 Å². The van der Waals surface area contributed by atoms with Gasteiger partial charge in [0.15, 0.2) is 0 Å². The highest BCUT2D eigenvalue weighted by Gasteiger charge is 2.32. The van der Waals surface area contributed by atoms with Crippen molar-refractivity contribution in [2.75, 3.05) is 18.6 Å². The van der Waals surface area contributed by atoms with Crippen LogP contribution in [0.15, 0.2) is 0 Å². The van der Waals surface area contributed by atoms with E-state index in [9.17, 15) is 34.2 Å². The Kier molecular flexibility index (Phi) is 15.9. The summed E-state index contributed by atoms with van der Waals surface area (Å²) in [7, 11) is 0. The van der Waals surface area contributed by atoms with Gasteiger partial charge in [-0.15, -0.1) is 0 Å². The number of aliphatic carboxylic acids is 1. The first-order chi connectivity index (χ1) is 15.9. The summed E-state index contributed by atoms with van der Waals surface area (Å²) in [6, 6.07) is -4.83. The molecule has 14 heteroatoms. The largest absolute Gasteiger partial charge is 0.480 e. The number of carboxylic acids is 1. The number of unbranched alkanes of at least 4 members (excludes halogenated alkanes) is 1. The maximum atomic E-state index is 12.9. The van der Waals surface area contributed by atoms with E-state index < -0.39 is 59.9 Å². The van der Waals surface area contributed by atoms with Crippen LogP contribution in [0.25, 0.3) is 0 Å². The fraction of sp³-hybridized carbons (Fsp3) is 0.750. The minimum Gasteiger partial charge on any atom is -0.480 e. The molecule has 11 N–H and O–H groups in total. The molecule has 13 nitrogen and oxygen atoms in total. The lowest BCUT2D eigenvalue weighted by molar-refractivity contribution is -0.143. The molecule has 0 heterocycles. The Balaban J connectivity index is 5.38. The first-order valence-electron chi connectivity index (χ1n) is 11.0. The Labute approximate surface area is 203 Å². The quantitative estimate of drug-likeness (QED) is 0.0900. The summed E-state index contributed by atoms with van der Waals surface area (Å²) in [5.41, 5.74) is 16.4. The summed E-state index contributed by atoms with van der Waals surface area (Å²) < 4.78 is 0. The summed E-state index contributed by atoms with van der Waals surface area (Å²) in [4.78, 5) is 60.3. The number of carbonyl (C=O) groups excluding carboxylic acids is 4. The SMILES string of the molecule is CSCCC(N)C(=O)NC(CCCCN)C(=O)NC(C(=O)NC(CCC(N)=O)C(=O)O)C(C)O. The number of aliphatic hydroxyl groups is 1. The van der Waals surface area contributed by atoms with E-state index in [2.05, 4.69) is 16.0 Å². The van der Waals surface area contributed by atoms with Gasteiger partial charge in [0.05, 0.1) is 12.1 Å². The number of thioether (sulfide) groups is 1. The molecule has 0 radical (unpaired) electrons. The molecule has 0 aliphatic carbocycles. The Morgan fingerprint density at radius 2 is 1.53 bits per heavy atom. The zero-order chi connectivity index (χ0) is 26.3. The monoisotopic (exact) mass is 506 g/mol. The van der Waals surface area contributed by atoms with Gasteiger partial charge in [0.2, 0.25) is 23.6 Å². The molecular formula is C20H38N6O7S. The molecule has 5 atom stereocenters. The van der Waals surface area contributed by atoms with Crippen molar-refractivity contribution in [3.63, 3.8) is 0 Å². The summed E-state index contributed by atoms with van der Waals surface area (Å²) in [5.74, 6) is -3.73. The normalized spacial score (nSPS) is 15.3. The van der Waals surface area contributed by atoms with Crippen LogP contribution in [0.1, 0.15) is 45.4 Å². The number of nitrogens with one attached hydrogen (secondary N) is 3. The summed E-state index contributed by atoms with van der Waals surface area (Å²) in [5, 5.41) is 26.4. The van der Waals surface area contributed by atoms with Crippen LogP contribution >= 0.6 is 11.8 Å². The highest BCUT2D eigenvalue weighted by molar-refractivity contribution is 7.98. The van der Waals surface area contributed by atoms with Crippen molar-refractivity contribution in [3.05, 3.63) is 0 Å². The van der Waals surface area contributed by atoms with Crippen LogP contribution in [0, 0.1) is 0 Å². The molecule has 4 amide bonds. The molecule has 0 saturated carbocycles. The van der Waals surface area contributed by atoms with Gasteiger partial charge in [0, 0.05) is 6.42 Å². The van der Waals surface area contributed by atoms with Gasteiger partial charge in [-0.1, -0.05) is 0 Å². The van der Waals surface area contributed by atoms with Crippen LogP contribution in [-0.4, -0.2) is 88.6 Å². The first-order valence-corrected chi connectivity index (χ1v) is 12.4. The van der Waals surface area contributed by atoms with Crippen LogP contribution in [-0.2, 0) is 24.0 Å². The van der Waals surface area contributed by atoms with Gasteiger partial charge in [-0.25, -0.2) is 4.79 Å². The number of hydrogen-bond donors (Lipinski definition) is 8. The molecule has 0 aliphatic heterocycles. The number of rotatable bonds is 18. The van der Waals surface area contributed by atoms with Crippen molar-refractivity contribution < 1.29 is 34.2 Å². The summed E-state index contributed by atoms with van der Waals surface area (Å²) >= 11 is 1.52. The summed E-state index contributed by atoms with van der Waals surface area (Å²) in [6.45, 7) is 1.63. The number of primary amides is 1. The topological polar surface area (TPSA) is 240 Å². The predicted octanol–water partition coefficient (Wildman–Crippen LogP) is -2.62. The highest BCUT2D eigenvalue weighted by Crippen LogP contribution is 2.06. The van der Waals surface area contributed by atoms with Crippen LogP contribution in [0.4, 0.5) is 0 Å². The minimum absolute atomic E-state index is 0.217. The number of carbonyl (C=O) groups is 5. The fourth-order valence-corrected chi connectivity index (χ4v) is 3.37. The van der Waals surface area contributed by atoms with Gasteiger partial charge in [-0.05, 0) is 57.6 Å².